The van der Waals surface area contributed by atoms with E-state index in [0.29, 0.717) is 5.56 Å². The van der Waals surface area contributed by atoms with Crippen LogP contribution in [0.3, 0.4) is 0 Å². The predicted octanol–water partition coefficient (Wildman–Crippen LogP) is 8.50. The number of allylic oxidation sites excluding steroid dienone is 10. The van der Waals surface area contributed by atoms with E-state index < -0.39 is 0 Å². The summed E-state index contributed by atoms with van der Waals surface area (Å²) in [5, 5.41) is 0. The van der Waals surface area contributed by atoms with Crippen LogP contribution in [0, 0.1) is 5.82 Å². The normalized spacial score (nSPS) is 16.0. The maximum absolute atomic E-state index is 14.4. The number of carbonyl (C=O) groups excluding carboxylic acids is 1. The van der Waals surface area contributed by atoms with Gasteiger partial charge in [-0.1, -0.05) is 78.8 Å². The molecule has 2 aliphatic carbocycles. The lowest BCUT2D eigenvalue weighted by atomic mass is 9.84. The number of aryl methyl sites for hydroxylation is 1. The Kier molecular flexibility index (Phi) is 8.25. The molecule has 0 aliphatic heterocycles. The van der Waals surface area contributed by atoms with E-state index in [0.717, 1.165) is 55.2 Å². The van der Waals surface area contributed by atoms with E-state index in [1.807, 2.05) is 12.1 Å². The number of halogens is 1. The third-order valence-electron chi connectivity index (χ3n) is 6.70. The molecule has 0 fully saturated rings. The molecule has 174 valence electrons. The largest absolute Gasteiger partial charge is 0.295 e. The Morgan fingerprint density at radius 3 is 2.41 bits per heavy atom. The molecule has 2 aromatic rings. The monoisotopic (exact) mass is 452 g/mol. The van der Waals surface area contributed by atoms with Crippen molar-refractivity contribution in [2.75, 3.05) is 0 Å². The van der Waals surface area contributed by atoms with Gasteiger partial charge < -0.3 is 0 Å². The van der Waals surface area contributed by atoms with Crippen LogP contribution in [0.15, 0.2) is 107 Å². The lowest BCUT2D eigenvalue weighted by molar-refractivity contribution is -0.113. The molecule has 0 aromatic heterocycles. The maximum Gasteiger partial charge on any atom is 0.159 e. The Morgan fingerprint density at radius 2 is 1.62 bits per heavy atom. The maximum atomic E-state index is 14.4. The lowest BCUT2D eigenvalue weighted by Gasteiger charge is -2.20. The molecular weight excluding hydrogens is 419 g/mol. The number of hydrogen-bond acceptors (Lipinski definition) is 1. The number of unbranched alkanes of at least 4 members (excludes halogenated alkanes) is 2. The van der Waals surface area contributed by atoms with Crippen molar-refractivity contribution in [3.8, 4) is 0 Å². The van der Waals surface area contributed by atoms with Crippen LogP contribution < -0.4 is 0 Å². The Morgan fingerprint density at radius 1 is 0.853 bits per heavy atom. The first-order chi connectivity index (χ1) is 16.6. The minimum absolute atomic E-state index is 0.138. The number of benzene rings is 2. The highest BCUT2D eigenvalue weighted by Gasteiger charge is 2.19. The van der Waals surface area contributed by atoms with E-state index in [-0.39, 0.29) is 11.6 Å². The highest BCUT2D eigenvalue weighted by atomic mass is 19.1. The van der Waals surface area contributed by atoms with Gasteiger partial charge in [0.2, 0.25) is 0 Å². The molecule has 4 rings (SSSR count). The molecule has 0 saturated heterocycles. The van der Waals surface area contributed by atoms with E-state index in [4.69, 9.17) is 0 Å². The van der Waals surface area contributed by atoms with Gasteiger partial charge in [0.25, 0.3) is 0 Å². The van der Waals surface area contributed by atoms with Gasteiger partial charge in [-0.05, 0) is 92.4 Å². The fraction of sp³-hybridized carbons (Fsp3) is 0.281. The van der Waals surface area contributed by atoms with Gasteiger partial charge in [0.1, 0.15) is 5.82 Å². The van der Waals surface area contributed by atoms with Gasteiger partial charge in [0, 0.05) is 11.1 Å². The van der Waals surface area contributed by atoms with Crippen molar-refractivity contribution in [2.24, 2.45) is 0 Å². The van der Waals surface area contributed by atoms with Crippen LogP contribution in [0.2, 0.25) is 0 Å². The molecule has 2 aliphatic rings. The molecule has 0 unspecified atom stereocenters. The zero-order chi connectivity index (χ0) is 23.8. The second-order valence-corrected chi connectivity index (χ2v) is 9.17. The lowest BCUT2D eigenvalue weighted by Crippen LogP contribution is -2.07. The third-order valence-corrected chi connectivity index (χ3v) is 6.70. The summed E-state index contributed by atoms with van der Waals surface area (Å²) in [6, 6.07) is 17.5. The number of hydrogen-bond donors (Lipinski definition) is 0. The molecule has 0 radical (unpaired) electrons. The van der Waals surface area contributed by atoms with Crippen LogP contribution in [-0.2, 0) is 11.2 Å². The molecular formula is C32H33FO. The summed E-state index contributed by atoms with van der Waals surface area (Å²) in [7, 11) is 0. The second kappa shape index (κ2) is 11.7. The topological polar surface area (TPSA) is 17.1 Å². The van der Waals surface area contributed by atoms with E-state index in [1.54, 1.807) is 13.0 Å². The molecule has 2 aromatic carbocycles. The van der Waals surface area contributed by atoms with Crippen molar-refractivity contribution in [2.45, 2.75) is 58.3 Å². The highest BCUT2D eigenvalue weighted by molar-refractivity contribution is 5.97. The van der Waals surface area contributed by atoms with Crippen molar-refractivity contribution in [1.29, 1.82) is 0 Å². The molecule has 2 heteroatoms. The van der Waals surface area contributed by atoms with Gasteiger partial charge in [-0.3, -0.25) is 4.79 Å². The zero-order valence-electron chi connectivity index (χ0n) is 20.0. The van der Waals surface area contributed by atoms with Crippen LogP contribution in [-0.4, -0.2) is 5.78 Å². The van der Waals surface area contributed by atoms with Crippen molar-refractivity contribution in [1.82, 2.24) is 0 Å². The first-order valence-corrected chi connectivity index (χ1v) is 12.4. The summed E-state index contributed by atoms with van der Waals surface area (Å²) in [5.74, 6) is -0.0673. The minimum Gasteiger partial charge on any atom is -0.295 e. The SMILES string of the molecule is CC(=O)C1=C(CCCCCc2ccccc2)CCC(C2=CC(c3ccccc3F)=CCC=C2)=C1. The fourth-order valence-electron chi connectivity index (χ4n) is 4.84. The Labute approximate surface area is 203 Å². The predicted molar refractivity (Wildman–Crippen MR) is 140 cm³/mol. The average molecular weight is 453 g/mol. The summed E-state index contributed by atoms with van der Waals surface area (Å²) >= 11 is 0. The molecule has 34 heavy (non-hydrogen) atoms. The fourth-order valence-corrected chi connectivity index (χ4v) is 4.84. The molecule has 0 bridgehead atoms. The first-order valence-electron chi connectivity index (χ1n) is 12.4. The van der Waals surface area contributed by atoms with E-state index in [2.05, 4.69) is 60.7 Å². The van der Waals surface area contributed by atoms with Crippen molar-refractivity contribution < 1.29 is 9.18 Å². The van der Waals surface area contributed by atoms with Gasteiger partial charge >= 0.3 is 0 Å². The smallest absolute Gasteiger partial charge is 0.159 e. The quantitative estimate of drug-likeness (QED) is 0.349. The molecule has 0 heterocycles. The van der Waals surface area contributed by atoms with Crippen LogP contribution in [0.25, 0.3) is 5.57 Å². The minimum atomic E-state index is -0.206. The van der Waals surface area contributed by atoms with Gasteiger partial charge in [-0.2, -0.15) is 0 Å². The van der Waals surface area contributed by atoms with Crippen LogP contribution in [0.5, 0.6) is 0 Å². The summed E-state index contributed by atoms with van der Waals surface area (Å²) < 4.78 is 14.4. The Hall–Kier alpha value is -3.26. The molecule has 0 N–H and O–H groups in total. The van der Waals surface area contributed by atoms with E-state index in [1.165, 1.54) is 35.6 Å². The molecule has 0 saturated carbocycles. The zero-order valence-corrected chi connectivity index (χ0v) is 20.0. The summed E-state index contributed by atoms with van der Waals surface area (Å²) in [6.07, 6.45) is 18.6. The highest BCUT2D eigenvalue weighted by Crippen LogP contribution is 2.34. The molecule has 0 spiro atoms. The Bertz CT molecular complexity index is 1170. The third kappa shape index (κ3) is 6.20. The van der Waals surface area contributed by atoms with Crippen molar-refractivity contribution >= 4 is 11.4 Å². The van der Waals surface area contributed by atoms with Gasteiger partial charge in [0.15, 0.2) is 5.78 Å². The summed E-state index contributed by atoms with van der Waals surface area (Å²) in [5.41, 5.74) is 7.32. The second-order valence-electron chi connectivity index (χ2n) is 9.17. The summed E-state index contributed by atoms with van der Waals surface area (Å²) in [6.45, 7) is 1.67. The van der Waals surface area contributed by atoms with Crippen molar-refractivity contribution in [3.63, 3.8) is 0 Å². The standard InChI is InChI=1S/C32H33FO/c1-24(34)31-23-28(21-20-26(31)15-7-3-6-14-25-12-4-2-5-13-25)27-16-8-9-17-29(22-27)30-18-10-11-19-32(30)33/h2,4-5,8,10-13,16-19,22-23H,3,6-7,9,14-15,20-21H2,1H3. The number of carbonyl (C=O) groups is 1. The van der Waals surface area contributed by atoms with E-state index in [9.17, 15) is 9.18 Å². The van der Waals surface area contributed by atoms with Crippen LogP contribution >= 0.6 is 0 Å². The number of rotatable bonds is 9. The molecule has 0 atom stereocenters. The number of ketones is 1. The van der Waals surface area contributed by atoms with E-state index >= 15 is 0 Å². The average Bonchev–Trinajstić information content (AvgIpc) is 3.11. The number of Topliss-reactive ketones (excluding diaryl/α,β-unsaturated/α-hetero) is 1. The van der Waals surface area contributed by atoms with Gasteiger partial charge in [-0.15, -0.1) is 0 Å². The van der Waals surface area contributed by atoms with Crippen LogP contribution in [0.1, 0.15) is 63.0 Å². The Balaban J connectivity index is 1.46. The van der Waals surface area contributed by atoms with Gasteiger partial charge in [-0.25, -0.2) is 4.39 Å². The van der Waals surface area contributed by atoms with Crippen molar-refractivity contribution in [3.05, 3.63) is 124 Å². The van der Waals surface area contributed by atoms with Crippen LogP contribution in [0.4, 0.5) is 4.39 Å². The molecule has 0 amide bonds. The first kappa shape index (κ1) is 23.9. The summed E-state index contributed by atoms with van der Waals surface area (Å²) in [4.78, 5) is 12.5. The van der Waals surface area contributed by atoms with Gasteiger partial charge in [0.05, 0.1) is 0 Å². The molecule has 1 nitrogen and oxygen atoms in total.